The summed E-state index contributed by atoms with van der Waals surface area (Å²) in [5.41, 5.74) is 3.72. The van der Waals surface area contributed by atoms with E-state index in [0.717, 1.165) is 22.3 Å². The molecule has 27 heavy (non-hydrogen) atoms. The van der Waals surface area contributed by atoms with Crippen LogP contribution in [0.5, 0.6) is 0 Å². The van der Waals surface area contributed by atoms with Crippen LogP contribution in [0, 0.1) is 0 Å². The van der Waals surface area contributed by atoms with E-state index >= 15 is 0 Å². The minimum atomic E-state index is -0.717. The number of carbonyl (C=O) groups is 1. The third kappa shape index (κ3) is 3.43. The highest BCUT2D eigenvalue weighted by Crippen LogP contribution is 2.44. The molecule has 2 nitrogen and oxygen atoms in total. The molecule has 0 bridgehead atoms. The average molecular weight is 438 g/mol. The van der Waals surface area contributed by atoms with Gasteiger partial charge in [-0.1, -0.05) is 70.7 Å². The number of benzene rings is 3. The van der Waals surface area contributed by atoms with Crippen molar-refractivity contribution in [2.75, 3.05) is 0 Å². The second-order valence-corrected chi connectivity index (χ2v) is 7.87. The molecule has 0 aliphatic heterocycles. The maximum atomic E-state index is 12.9. The minimum Gasteiger partial charge on any atom is -0.449 e. The summed E-state index contributed by atoms with van der Waals surface area (Å²) in [5, 5.41) is 1.72. The number of esters is 1. The number of hydrogen-bond acceptors (Lipinski definition) is 2. The van der Waals surface area contributed by atoms with Crippen LogP contribution in [-0.2, 0) is 11.2 Å². The van der Waals surface area contributed by atoms with Crippen LogP contribution < -0.4 is 0 Å². The molecule has 1 aliphatic carbocycles. The first-order valence-electron chi connectivity index (χ1n) is 8.16. The molecule has 0 N–H and O–H groups in total. The van der Waals surface area contributed by atoms with Crippen LogP contribution >= 0.6 is 46.4 Å². The standard InChI is InChI=1S/C21H12Cl4O2/c22-13-7-8-14(17(25)10-13)21(26)27-20-18-11(3-1-5-15(18)23)9-12-4-2-6-16(24)19(12)20/h1-8,10,20H,9H2. The third-order valence-electron chi connectivity index (χ3n) is 4.57. The zero-order valence-electron chi connectivity index (χ0n) is 13.8. The SMILES string of the molecule is O=C(OC1c2c(Cl)cccc2Cc2cccc(Cl)c21)c1ccc(Cl)cc1Cl. The van der Waals surface area contributed by atoms with Gasteiger partial charge in [0.05, 0.1) is 10.6 Å². The molecule has 0 radical (unpaired) electrons. The molecule has 0 aromatic heterocycles. The molecule has 3 aromatic carbocycles. The zero-order chi connectivity index (χ0) is 19.1. The van der Waals surface area contributed by atoms with Crippen LogP contribution in [0.2, 0.25) is 20.1 Å². The molecular weight excluding hydrogens is 426 g/mol. The van der Waals surface area contributed by atoms with Crippen molar-refractivity contribution in [3.8, 4) is 0 Å². The topological polar surface area (TPSA) is 26.3 Å². The van der Waals surface area contributed by atoms with Gasteiger partial charge in [0.1, 0.15) is 0 Å². The van der Waals surface area contributed by atoms with Crippen LogP contribution in [0.4, 0.5) is 0 Å². The van der Waals surface area contributed by atoms with Crippen molar-refractivity contribution in [3.63, 3.8) is 0 Å². The van der Waals surface area contributed by atoms with Crippen LogP contribution in [0.1, 0.15) is 38.7 Å². The van der Waals surface area contributed by atoms with Gasteiger partial charge in [0, 0.05) is 26.2 Å². The van der Waals surface area contributed by atoms with E-state index in [1.54, 1.807) is 18.2 Å². The predicted octanol–water partition coefficient (Wildman–Crippen LogP) is 7.15. The fourth-order valence-electron chi connectivity index (χ4n) is 3.35. The van der Waals surface area contributed by atoms with Gasteiger partial charge in [-0.3, -0.25) is 0 Å². The van der Waals surface area contributed by atoms with Crippen molar-refractivity contribution in [1.82, 2.24) is 0 Å². The smallest absolute Gasteiger partial charge is 0.340 e. The monoisotopic (exact) mass is 436 g/mol. The quantitative estimate of drug-likeness (QED) is 0.398. The molecule has 0 saturated heterocycles. The summed E-state index contributed by atoms with van der Waals surface area (Å²) in [4.78, 5) is 12.9. The van der Waals surface area contributed by atoms with Crippen LogP contribution in [-0.4, -0.2) is 5.97 Å². The Bertz CT molecular complexity index is 1010. The molecule has 136 valence electrons. The third-order valence-corrected chi connectivity index (χ3v) is 5.77. The Morgan fingerprint density at radius 1 is 0.815 bits per heavy atom. The molecule has 1 aliphatic rings. The summed E-state index contributed by atoms with van der Waals surface area (Å²) < 4.78 is 5.88. The minimum absolute atomic E-state index is 0.224. The van der Waals surface area contributed by atoms with Gasteiger partial charge in [0.2, 0.25) is 0 Å². The van der Waals surface area contributed by atoms with Gasteiger partial charge in [-0.05, 0) is 47.9 Å². The number of carbonyl (C=O) groups excluding carboxylic acids is 1. The first kappa shape index (κ1) is 18.6. The van der Waals surface area contributed by atoms with Crippen molar-refractivity contribution in [3.05, 3.63) is 103 Å². The summed E-state index contributed by atoms with van der Waals surface area (Å²) in [6, 6.07) is 15.9. The highest BCUT2D eigenvalue weighted by molar-refractivity contribution is 6.36. The molecule has 0 fully saturated rings. The van der Waals surface area contributed by atoms with Crippen molar-refractivity contribution in [2.24, 2.45) is 0 Å². The van der Waals surface area contributed by atoms with E-state index < -0.39 is 12.1 Å². The molecule has 0 atom stereocenters. The fourth-order valence-corrected chi connectivity index (χ4v) is 4.42. The molecule has 0 amide bonds. The van der Waals surface area contributed by atoms with Gasteiger partial charge < -0.3 is 4.74 Å². The summed E-state index contributed by atoms with van der Waals surface area (Å²) in [5.74, 6) is -0.569. The molecule has 0 heterocycles. The first-order valence-corrected chi connectivity index (χ1v) is 9.67. The van der Waals surface area contributed by atoms with Crippen molar-refractivity contribution < 1.29 is 9.53 Å². The lowest BCUT2D eigenvalue weighted by atomic mass is 9.83. The average Bonchev–Trinajstić information content (AvgIpc) is 2.61. The fraction of sp³-hybridized carbons (Fsp3) is 0.0952. The summed E-state index contributed by atoms with van der Waals surface area (Å²) >= 11 is 25.0. The Morgan fingerprint density at radius 3 is 1.96 bits per heavy atom. The molecule has 0 saturated carbocycles. The molecule has 6 heteroatoms. The van der Waals surface area contributed by atoms with E-state index in [2.05, 4.69) is 0 Å². The normalized spacial score (nSPS) is 13.0. The van der Waals surface area contributed by atoms with E-state index in [1.165, 1.54) is 12.1 Å². The molecule has 0 unspecified atom stereocenters. The van der Waals surface area contributed by atoms with E-state index in [1.807, 2.05) is 24.3 Å². The van der Waals surface area contributed by atoms with Gasteiger partial charge >= 0.3 is 5.97 Å². The molecule has 4 rings (SSSR count). The van der Waals surface area contributed by atoms with Crippen molar-refractivity contribution in [2.45, 2.75) is 12.5 Å². The van der Waals surface area contributed by atoms with E-state index in [-0.39, 0.29) is 10.6 Å². The van der Waals surface area contributed by atoms with Crippen LogP contribution in [0.3, 0.4) is 0 Å². The largest absolute Gasteiger partial charge is 0.449 e. The molecule has 3 aromatic rings. The second kappa shape index (κ2) is 7.37. The van der Waals surface area contributed by atoms with E-state index in [4.69, 9.17) is 51.1 Å². The highest BCUT2D eigenvalue weighted by atomic mass is 35.5. The zero-order valence-corrected chi connectivity index (χ0v) is 16.8. The number of halogens is 4. The Morgan fingerprint density at radius 2 is 1.41 bits per heavy atom. The number of rotatable bonds is 2. The number of hydrogen-bond donors (Lipinski definition) is 0. The first-order chi connectivity index (χ1) is 13.0. The van der Waals surface area contributed by atoms with E-state index in [0.29, 0.717) is 21.5 Å². The molecule has 0 spiro atoms. The predicted molar refractivity (Wildman–Crippen MR) is 109 cm³/mol. The Balaban J connectivity index is 1.81. The van der Waals surface area contributed by atoms with Crippen LogP contribution in [0.15, 0.2) is 54.6 Å². The second-order valence-electron chi connectivity index (χ2n) is 6.21. The van der Waals surface area contributed by atoms with Gasteiger partial charge in [-0.2, -0.15) is 0 Å². The maximum Gasteiger partial charge on any atom is 0.340 e. The lowest BCUT2D eigenvalue weighted by molar-refractivity contribution is 0.0372. The summed E-state index contributed by atoms with van der Waals surface area (Å²) in [6.45, 7) is 0. The lowest BCUT2D eigenvalue weighted by Gasteiger charge is -2.30. The van der Waals surface area contributed by atoms with Crippen molar-refractivity contribution in [1.29, 1.82) is 0 Å². The van der Waals surface area contributed by atoms with Crippen LogP contribution in [0.25, 0.3) is 0 Å². The highest BCUT2D eigenvalue weighted by Gasteiger charge is 2.33. The Kier molecular flexibility index (Phi) is 5.09. The Labute approximate surface area is 176 Å². The van der Waals surface area contributed by atoms with Crippen molar-refractivity contribution >= 4 is 52.4 Å². The van der Waals surface area contributed by atoms with Gasteiger partial charge in [0.15, 0.2) is 6.10 Å². The number of ether oxygens (including phenoxy) is 1. The lowest BCUT2D eigenvalue weighted by Crippen LogP contribution is -2.21. The Hall–Kier alpha value is -1.71. The summed E-state index contributed by atoms with van der Waals surface area (Å²) in [7, 11) is 0. The number of fused-ring (bicyclic) bond motifs is 2. The van der Waals surface area contributed by atoms with Gasteiger partial charge in [-0.15, -0.1) is 0 Å². The van der Waals surface area contributed by atoms with Gasteiger partial charge in [0.25, 0.3) is 0 Å². The van der Waals surface area contributed by atoms with E-state index in [9.17, 15) is 4.79 Å². The summed E-state index contributed by atoms with van der Waals surface area (Å²) in [6.07, 6.45) is -0.0490. The molecular formula is C21H12Cl4O2. The maximum absolute atomic E-state index is 12.9. The van der Waals surface area contributed by atoms with Gasteiger partial charge in [-0.25, -0.2) is 4.79 Å².